The lowest BCUT2D eigenvalue weighted by Crippen LogP contribution is -2.15. The van der Waals surface area contributed by atoms with Gasteiger partial charge >= 0.3 is 0 Å². The number of hydrogen-bond acceptors (Lipinski definition) is 6. The third-order valence-electron chi connectivity index (χ3n) is 4.05. The highest BCUT2D eigenvalue weighted by Gasteiger charge is 2.13. The van der Waals surface area contributed by atoms with E-state index in [0.29, 0.717) is 39.9 Å². The number of benzene rings is 2. The fourth-order valence-corrected chi connectivity index (χ4v) is 2.89. The van der Waals surface area contributed by atoms with E-state index in [4.69, 9.17) is 20.4 Å². The van der Waals surface area contributed by atoms with Crippen LogP contribution in [0.2, 0.25) is 5.02 Å². The molecule has 0 unspecified atom stereocenters. The fraction of sp³-hybridized carbons (Fsp3) is 0.100. The number of carbonyl (C=O) groups is 1. The predicted octanol–water partition coefficient (Wildman–Crippen LogP) is 3.98. The number of aromatic nitrogens is 2. The minimum Gasteiger partial charge on any atom is -0.451 e. The van der Waals surface area contributed by atoms with Crippen LogP contribution in [-0.2, 0) is 6.42 Å². The van der Waals surface area contributed by atoms with Gasteiger partial charge in [0, 0.05) is 23.7 Å². The van der Waals surface area contributed by atoms with Crippen LogP contribution in [0.25, 0.3) is 11.0 Å². The standard InChI is InChI=1S/C20H14ClN3O4/c1-11-23-24-19(27-11)8-12-2-5-14(6-3-12)22-20(26)18-10-16(25)15-9-13(21)4-7-17(15)28-18/h2-7,9-10H,8H2,1H3,(H,22,26). The highest BCUT2D eigenvalue weighted by molar-refractivity contribution is 6.31. The third-order valence-corrected chi connectivity index (χ3v) is 4.28. The number of fused-ring (bicyclic) bond motifs is 1. The van der Waals surface area contributed by atoms with Gasteiger partial charge in [-0.15, -0.1) is 10.2 Å². The summed E-state index contributed by atoms with van der Waals surface area (Å²) in [6, 6.07) is 13.0. The average molecular weight is 396 g/mol. The van der Waals surface area contributed by atoms with E-state index in [1.165, 1.54) is 6.07 Å². The Hall–Kier alpha value is -3.45. The normalized spacial score (nSPS) is 10.9. The first-order valence-corrected chi connectivity index (χ1v) is 8.78. The predicted molar refractivity (Wildman–Crippen MR) is 104 cm³/mol. The molecular weight excluding hydrogens is 382 g/mol. The van der Waals surface area contributed by atoms with Crippen molar-refractivity contribution in [3.8, 4) is 0 Å². The Bertz CT molecular complexity index is 1230. The summed E-state index contributed by atoms with van der Waals surface area (Å²) in [5.74, 6) is 0.435. The van der Waals surface area contributed by atoms with E-state index in [-0.39, 0.29) is 11.2 Å². The molecule has 0 aliphatic rings. The highest BCUT2D eigenvalue weighted by Crippen LogP contribution is 2.19. The number of halogens is 1. The zero-order valence-corrected chi connectivity index (χ0v) is 15.5. The van der Waals surface area contributed by atoms with Crippen LogP contribution in [0.15, 0.2) is 62.2 Å². The second kappa shape index (κ2) is 7.28. The number of rotatable bonds is 4. The second-order valence-electron chi connectivity index (χ2n) is 6.16. The second-order valence-corrected chi connectivity index (χ2v) is 6.59. The summed E-state index contributed by atoms with van der Waals surface area (Å²) in [5, 5.41) is 11.2. The van der Waals surface area contributed by atoms with Crippen LogP contribution in [0.3, 0.4) is 0 Å². The van der Waals surface area contributed by atoms with Gasteiger partial charge in [0.05, 0.1) is 11.8 Å². The molecule has 1 amide bonds. The first kappa shape index (κ1) is 17.9. The van der Waals surface area contributed by atoms with Gasteiger partial charge in [-0.25, -0.2) is 0 Å². The molecule has 4 rings (SSSR count). The molecule has 0 saturated carbocycles. The van der Waals surface area contributed by atoms with Crippen molar-refractivity contribution in [3.05, 3.63) is 86.9 Å². The van der Waals surface area contributed by atoms with E-state index < -0.39 is 5.91 Å². The minimum atomic E-state index is -0.519. The topological polar surface area (TPSA) is 98.2 Å². The van der Waals surface area contributed by atoms with Crippen molar-refractivity contribution in [2.45, 2.75) is 13.3 Å². The van der Waals surface area contributed by atoms with E-state index >= 15 is 0 Å². The largest absolute Gasteiger partial charge is 0.451 e. The minimum absolute atomic E-state index is 0.0785. The molecule has 0 spiro atoms. The van der Waals surface area contributed by atoms with Gasteiger partial charge in [-0.1, -0.05) is 23.7 Å². The van der Waals surface area contributed by atoms with Crippen LogP contribution in [0.5, 0.6) is 0 Å². The molecule has 0 aliphatic carbocycles. The summed E-state index contributed by atoms with van der Waals surface area (Å²) in [7, 11) is 0. The Labute approximate surface area is 164 Å². The molecule has 0 aliphatic heterocycles. The lowest BCUT2D eigenvalue weighted by molar-refractivity contribution is 0.0997. The van der Waals surface area contributed by atoms with E-state index in [1.54, 1.807) is 31.2 Å². The Balaban J connectivity index is 1.51. The van der Waals surface area contributed by atoms with Crippen molar-refractivity contribution in [2.75, 3.05) is 5.32 Å². The molecule has 2 aromatic heterocycles. The number of nitrogens with zero attached hydrogens (tertiary/aromatic N) is 2. The molecule has 8 heteroatoms. The van der Waals surface area contributed by atoms with Crippen molar-refractivity contribution in [3.63, 3.8) is 0 Å². The van der Waals surface area contributed by atoms with Gasteiger partial charge in [0.1, 0.15) is 5.58 Å². The van der Waals surface area contributed by atoms with Crippen molar-refractivity contribution in [1.82, 2.24) is 10.2 Å². The summed E-state index contributed by atoms with van der Waals surface area (Å²) in [5.41, 5.74) is 1.48. The summed E-state index contributed by atoms with van der Waals surface area (Å²) in [6.07, 6.45) is 0.497. The maximum absolute atomic E-state index is 12.5. The molecular formula is C20H14ClN3O4. The van der Waals surface area contributed by atoms with E-state index in [1.807, 2.05) is 12.1 Å². The maximum Gasteiger partial charge on any atom is 0.291 e. The summed E-state index contributed by atoms with van der Waals surface area (Å²) in [6.45, 7) is 1.73. The van der Waals surface area contributed by atoms with Crippen molar-refractivity contribution >= 4 is 34.2 Å². The molecule has 0 atom stereocenters. The highest BCUT2D eigenvalue weighted by atomic mass is 35.5. The molecule has 1 N–H and O–H groups in total. The van der Waals surface area contributed by atoms with Crippen LogP contribution in [0.4, 0.5) is 5.69 Å². The molecule has 4 aromatic rings. The van der Waals surface area contributed by atoms with E-state index in [2.05, 4.69) is 15.5 Å². The van der Waals surface area contributed by atoms with E-state index in [0.717, 1.165) is 11.6 Å². The van der Waals surface area contributed by atoms with E-state index in [9.17, 15) is 9.59 Å². The molecule has 0 fully saturated rings. The van der Waals surface area contributed by atoms with Gasteiger partial charge in [-0.2, -0.15) is 0 Å². The Kier molecular flexibility index (Phi) is 4.67. The molecule has 140 valence electrons. The monoisotopic (exact) mass is 395 g/mol. The molecule has 28 heavy (non-hydrogen) atoms. The fourth-order valence-electron chi connectivity index (χ4n) is 2.72. The zero-order valence-electron chi connectivity index (χ0n) is 14.7. The van der Waals surface area contributed by atoms with Gasteiger partial charge in [-0.3, -0.25) is 9.59 Å². The number of hydrogen-bond donors (Lipinski definition) is 1. The Morgan fingerprint density at radius 3 is 2.57 bits per heavy atom. The quantitative estimate of drug-likeness (QED) is 0.561. The van der Waals surface area contributed by atoms with Crippen molar-refractivity contribution in [1.29, 1.82) is 0 Å². The SMILES string of the molecule is Cc1nnc(Cc2ccc(NC(=O)c3cc(=O)c4cc(Cl)ccc4o3)cc2)o1. The van der Waals surface area contributed by atoms with Gasteiger partial charge < -0.3 is 14.2 Å². The van der Waals surface area contributed by atoms with Crippen LogP contribution >= 0.6 is 11.6 Å². The third kappa shape index (κ3) is 3.79. The Morgan fingerprint density at radius 1 is 1.07 bits per heavy atom. The molecule has 0 bridgehead atoms. The number of amides is 1. The molecule has 2 aromatic carbocycles. The number of nitrogens with one attached hydrogen (secondary N) is 1. The Morgan fingerprint density at radius 2 is 1.86 bits per heavy atom. The first-order chi connectivity index (χ1) is 13.5. The number of carbonyl (C=O) groups excluding carboxylic acids is 1. The van der Waals surface area contributed by atoms with Crippen molar-refractivity contribution < 1.29 is 13.6 Å². The molecule has 7 nitrogen and oxygen atoms in total. The maximum atomic E-state index is 12.5. The van der Waals surface area contributed by atoms with Gasteiger partial charge in [0.25, 0.3) is 5.91 Å². The average Bonchev–Trinajstić information content (AvgIpc) is 3.08. The first-order valence-electron chi connectivity index (χ1n) is 8.40. The van der Waals surface area contributed by atoms with Crippen LogP contribution in [0, 0.1) is 6.92 Å². The summed E-state index contributed by atoms with van der Waals surface area (Å²) < 4.78 is 10.9. The number of aryl methyl sites for hydroxylation is 1. The van der Waals surface area contributed by atoms with Crippen molar-refractivity contribution in [2.24, 2.45) is 0 Å². The molecule has 2 heterocycles. The molecule has 0 radical (unpaired) electrons. The van der Waals surface area contributed by atoms with Crippen LogP contribution < -0.4 is 10.7 Å². The van der Waals surface area contributed by atoms with Gasteiger partial charge in [0.2, 0.25) is 11.8 Å². The smallest absolute Gasteiger partial charge is 0.291 e. The lowest BCUT2D eigenvalue weighted by atomic mass is 10.1. The van der Waals surface area contributed by atoms with Gasteiger partial charge in [0.15, 0.2) is 11.2 Å². The molecule has 0 saturated heterocycles. The zero-order chi connectivity index (χ0) is 19.7. The van der Waals surface area contributed by atoms with Crippen LogP contribution in [-0.4, -0.2) is 16.1 Å². The van der Waals surface area contributed by atoms with Gasteiger partial charge in [-0.05, 0) is 35.9 Å². The van der Waals surface area contributed by atoms with Crippen LogP contribution in [0.1, 0.15) is 27.9 Å². The summed E-state index contributed by atoms with van der Waals surface area (Å²) >= 11 is 5.89. The number of anilines is 1. The summed E-state index contributed by atoms with van der Waals surface area (Å²) in [4.78, 5) is 24.7. The lowest BCUT2D eigenvalue weighted by Gasteiger charge is -2.06.